The molecule has 72 valence electrons. The molecule has 0 bridgehead atoms. The van der Waals surface area contributed by atoms with E-state index in [0.717, 1.165) is 5.56 Å². The zero-order valence-electron chi connectivity index (χ0n) is 7.29. The second-order valence-corrected chi connectivity index (χ2v) is 3.63. The first-order valence-corrected chi connectivity index (χ1v) is 4.62. The summed E-state index contributed by atoms with van der Waals surface area (Å²) < 4.78 is 0. The fraction of sp³-hybridized carbons (Fsp3) is 0.200. The number of ketones is 1. The fourth-order valence-electron chi connectivity index (χ4n) is 1.48. The van der Waals surface area contributed by atoms with Gasteiger partial charge in [-0.15, -0.1) is 0 Å². The molecule has 1 aromatic rings. The number of carbonyl (C=O) groups excluding carboxylic acids is 2. The van der Waals surface area contributed by atoms with Gasteiger partial charge in [-0.2, -0.15) is 0 Å². The molecule has 4 heteroatoms. The van der Waals surface area contributed by atoms with Gasteiger partial charge < -0.3 is 5.32 Å². The predicted octanol–water partition coefficient (Wildman–Crippen LogP) is 1.47. The van der Waals surface area contributed by atoms with Crippen molar-refractivity contribution in [2.24, 2.45) is 0 Å². The molecule has 0 spiro atoms. The number of Topliss-reactive ketones (excluding diaryl/α,β-unsaturated/α-hetero) is 1. The lowest BCUT2D eigenvalue weighted by atomic mass is 10.0. The van der Waals surface area contributed by atoms with Crippen molar-refractivity contribution >= 4 is 23.3 Å². The maximum Gasteiger partial charge on any atom is 0.228 e. The van der Waals surface area contributed by atoms with E-state index in [-0.39, 0.29) is 18.1 Å². The molecule has 0 aliphatic carbocycles. The number of carbonyl (C=O) groups is 2. The second kappa shape index (κ2) is 3.42. The third-order valence-corrected chi connectivity index (χ3v) is 2.42. The van der Waals surface area contributed by atoms with Gasteiger partial charge in [0.1, 0.15) is 6.04 Å². The van der Waals surface area contributed by atoms with Crippen molar-refractivity contribution < 1.29 is 9.59 Å². The Labute approximate surface area is 86.1 Å². The maximum absolute atomic E-state index is 11.4. The van der Waals surface area contributed by atoms with Crippen molar-refractivity contribution in [3.8, 4) is 0 Å². The van der Waals surface area contributed by atoms with Crippen LogP contribution in [0.1, 0.15) is 18.0 Å². The van der Waals surface area contributed by atoms with E-state index < -0.39 is 6.04 Å². The van der Waals surface area contributed by atoms with Crippen LogP contribution < -0.4 is 5.32 Å². The molecular formula is C10H8ClNO2. The highest BCUT2D eigenvalue weighted by atomic mass is 35.5. The highest BCUT2D eigenvalue weighted by Crippen LogP contribution is 2.21. The van der Waals surface area contributed by atoms with E-state index in [4.69, 9.17) is 11.6 Å². The van der Waals surface area contributed by atoms with Crippen LogP contribution in [0.3, 0.4) is 0 Å². The molecule has 1 N–H and O–H groups in total. The Balaban J connectivity index is 2.27. The van der Waals surface area contributed by atoms with Crippen molar-refractivity contribution in [1.29, 1.82) is 0 Å². The van der Waals surface area contributed by atoms with Crippen molar-refractivity contribution in [3.63, 3.8) is 0 Å². The second-order valence-electron chi connectivity index (χ2n) is 3.20. The molecule has 1 fully saturated rings. The summed E-state index contributed by atoms with van der Waals surface area (Å²) in [5.41, 5.74) is 0.783. The Morgan fingerprint density at radius 2 is 1.86 bits per heavy atom. The molecule has 0 radical (unpaired) electrons. The van der Waals surface area contributed by atoms with Gasteiger partial charge in [0.25, 0.3) is 0 Å². The predicted molar refractivity (Wildman–Crippen MR) is 52.0 cm³/mol. The number of nitrogens with one attached hydrogen (secondary N) is 1. The number of hydrogen-bond donors (Lipinski definition) is 1. The molecule has 1 aromatic carbocycles. The van der Waals surface area contributed by atoms with Gasteiger partial charge in [0, 0.05) is 5.02 Å². The molecule has 3 nitrogen and oxygen atoms in total. The first kappa shape index (κ1) is 9.21. The third kappa shape index (κ3) is 1.63. The van der Waals surface area contributed by atoms with Gasteiger partial charge in [-0.25, -0.2) is 0 Å². The van der Waals surface area contributed by atoms with Crippen molar-refractivity contribution in [3.05, 3.63) is 34.9 Å². The zero-order chi connectivity index (χ0) is 10.1. The van der Waals surface area contributed by atoms with Crippen molar-refractivity contribution in [2.45, 2.75) is 12.5 Å². The Hall–Kier alpha value is -1.35. The normalized spacial score (nSPS) is 21.1. The minimum atomic E-state index is -0.486. The summed E-state index contributed by atoms with van der Waals surface area (Å²) in [6, 6.07) is 6.41. The maximum atomic E-state index is 11.4. The quantitative estimate of drug-likeness (QED) is 0.712. The molecule has 0 saturated carbocycles. The zero-order valence-corrected chi connectivity index (χ0v) is 8.04. The summed E-state index contributed by atoms with van der Waals surface area (Å²) in [6.07, 6.45) is -0.0205. The molecule has 1 aliphatic heterocycles. The summed E-state index contributed by atoms with van der Waals surface area (Å²) in [4.78, 5) is 22.3. The van der Waals surface area contributed by atoms with Gasteiger partial charge in [-0.3, -0.25) is 9.59 Å². The molecule has 2 rings (SSSR count). The van der Waals surface area contributed by atoms with Crippen LogP contribution in [0.25, 0.3) is 0 Å². The van der Waals surface area contributed by atoms with E-state index in [1.807, 2.05) is 0 Å². The Morgan fingerprint density at radius 3 is 2.36 bits per heavy atom. The van der Waals surface area contributed by atoms with Gasteiger partial charge in [0.05, 0.1) is 6.42 Å². The molecule has 1 atom stereocenters. The first-order chi connectivity index (χ1) is 6.66. The lowest BCUT2D eigenvalue weighted by molar-refractivity contribution is -0.122. The minimum Gasteiger partial charge on any atom is -0.342 e. The molecule has 1 aliphatic rings. The molecule has 1 saturated heterocycles. The van der Waals surface area contributed by atoms with E-state index in [0.29, 0.717) is 5.02 Å². The van der Waals surface area contributed by atoms with E-state index >= 15 is 0 Å². The lowest BCUT2D eigenvalue weighted by Gasteiger charge is -2.08. The van der Waals surface area contributed by atoms with Crippen molar-refractivity contribution in [2.75, 3.05) is 0 Å². The standard InChI is InChI=1S/C10H8ClNO2/c11-7-3-1-6(2-4-7)10-8(13)5-9(14)12-10/h1-4,10H,5H2,(H,12,14)/t10-/m1/s1. The summed E-state index contributed by atoms with van der Waals surface area (Å²) in [5.74, 6) is -0.299. The monoisotopic (exact) mass is 209 g/mol. The summed E-state index contributed by atoms with van der Waals surface area (Å²) in [7, 11) is 0. The molecule has 0 unspecified atom stereocenters. The van der Waals surface area contributed by atoms with Crippen LogP contribution in [0.4, 0.5) is 0 Å². The number of rotatable bonds is 1. The molecular weight excluding hydrogens is 202 g/mol. The highest BCUT2D eigenvalue weighted by Gasteiger charge is 2.30. The number of hydrogen-bond acceptors (Lipinski definition) is 2. The van der Waals surface area contributed by atoms with Crippen LogP contribution in [0, 0.1) is 0 Å². The van der Waals surface area contributed by atoms with Crippen LogP contribution >= 0.6 is 11.6 Å². The number of benzene rings is 1. The third-order valence-electron chi connectivity index (χ3n) is 2.17. The van der Waals surface area contributed by atoms with Gasteiger partial charge >= 0.3 is 0 Å². The average molecular weight is 210 g/mol. The van der Waals surface area contributed by atoms with E-state index in [9.17, 15) is 9.59 Å². The number of halogens is 1. The molecule has 14 heavy (non-hydrogen) atoms. The van der Waals surface area contributed by atoms with Gasteiger partial charge in [0.15, 0.2) is 5.78 Å². The van der Waals surface area contributed by atoms with Crippen LogP contribution in [-0.2, 0) is 9.59 Å². The Morgan fingerprint density at radius 1 is 1.21 bits per heavy atom. The van der Waals surface area contributed by atoms with E-state index in [1.165, 1.54) is 0 Å². The summed E-state index contributed by atoms with van der Waals surface area (Å²) in [5, 5.41) is 3.22. The largest absolute Gasteiger partial charge is 0.342 e. The van der Waals surface area contributed by atoms with Crippen molar-refractivity contribution in [1.82, 2.24) is 5.32 Å². The van der Waals surface area contributed by atoms with Crippen LogP contribution in [0.15, 0.2) is 24.3 Å². The lowest BCUT2D eigenvalue weighted by Crippen LogP contribution is -2.20. The summed E-state index contributed by atoms with van der Waals surface area (Å²) >= 11 is 5.71. The Kier molecular flexibility index (Phi) is 2.25. The Bertz CT molecular complexity index is 386. The SMILES string of the molecule is O=C1CC(=O)[C@@H](c2ccc(Cl)cc2)N1. The van der Waals surface area contributed by atoms with Gasteiger partial charge in [0.2, 0.25) is 5.91 Å². The molecule has 1 heterocycles. The van der Waals surface area contributed by atoms with Crippen LogP contribution in [-0.4, -0.2) is 11.7 Å². The first-order valence-electron chi connectivity index (χ1n) is 4.24. The van der Waals surface area contributed by atoms with E-state index in [1.54, 1.807) is 24.3 Å². The smallest absolute Gasteiger partial charge is 0.228 e. The average Bonchev–Trinajstić information content (AvgIpc) is 2.47. The molecule has 1 amide bonds. The van der Waals surface area contributed by atoms with E-state index in [2.05, 4.69) is 5.32 Å². The van der Waals surface area contributed by atoms with Crippen LogP contribution in [0.5, 0.6) is 0 Å². The van der Waals surface area contributed by atoms with Crippen LogP contribution in [0.2, 0.25) is 5.02 Å². The van der Waals surface area contributed by atoms with Gasteiger partial charge in [-0.05, 0) is 17.7 Å². The number of amides is 1. The highest BCUT2D eigenvalue weighted by molar-refractivity contribution is 6.30. The molecule has 0 aromatic heterocycles. The summed E-state index contributed by atoms with van der Waals surface area (Å²) in [6.45, 7) is 0. The van der Waals surface area contributed by atoms with Gasteiger partial charge in [-0.1, -0.05) is 23.7 Å². The fourth-order valence-corrected chi connectivity index (χ4v) is 1.60. The topological polar surface area (TPSA) is 46.2 Å². The minimum absolute atomic E-state index is 0.0205.